The maximum Gasteiger partial charge on any atom is 0.341 e. The molecule has 0 saturated carbocycles. The van der Waals surface area contributed by atoms with Gasteiger partial charge in [0.1, 0.15) is 5.00 Å². The topological polar surface area (TPSA) is 81.7 Å². The molecule has 0 aliphatic rings. The van der Waals surface area contributed by atoms with Crippen LogP contribution in [-0.4, -0.2) is 31.6 Å². The Morgan fingerprint density at radius 2 is 1.88 bits per heavy atom. The smallest absolute Gasteiger partial charge is 0.341 e. The Bertz CT molecular complexity index is 580. The van der Waals surface area contributed by atoms with E-state index in [1.54, 1.807) is 13.0 Å². The van der Waals surface area contributed by atoms with Gasteiger partial charge in [-0.1, -0.05) is 13.8 Å². The third-order valence-corrected chi connectivity index (χ3v) is 4.68. The van der Waals surface area contributed by atoms with Crippen LogP contribution in [0, 0.1) is 0 Å². The maximum atomic E-state index is 12.1. The third-order valence-electron chi connectivity index (χ3n) is 3.33. The predicted octanol–water partition coefficient (Wildman–Crippen LogP) is 3.72. The molecule has 0 aliphatic carbocycles. The van der Waals surface area contributed by atoms with Gasteiger partial charge in [0.2, 0.25) is 5.91 Å². The molecule has 0 spiro atoms. The van der Waals surface area contributed by atoms with Crippen LogP contribution in [0.3, 0.4) is 0 Å². The van der Waals surface area contributed by atoms with Gasteiger partial charge in [-0.05, 0) is 31.7 Å². The number of carbonyl (C=O) groups excluding carboxylic acids is 3. The summed E-state index contributed by atoms with van der Waals surface area (Å²) in [6.45, 7) is 6.08. The SMILES string of the molecule is CCOC(=O)c1cc(C(C)C)sc1NC(=O)CCCCC(=O)OC. The molecule has 0 atom stereocenters. The number of rotatable bonds is 9. The minimum absolute atomic E-state index is 0.178. The van der Waals surface area contributed by atoms with Crippen LogP contribution in [0.25, 0.3) is 0 Å². The Hall–Kier alpha value is -1.89. The van der Waals surface area contributed by atoms with Crippen molar-refractivity contribution in [3.63, 3.8) is 0 Å². The van der Waals surface area contributed by atoms with Crippen molar-refractivity contribution in [2.75, 3.05) is 19.0 Å². The van der Waals surface area contributed by atoms with E-state index in [0.717, 1.165) is 4.88 Å². The molecule has 1 N–H and O–H groups in total. The molecular weight excluding hydrogens is 330 g/mol. The van der Waals surface area contributed by atoms with Gasteiger partial charge in [0.05, 0.1) is 19.3 Å². The number of hydrogen-bond acceptors (Lipinski definition) is 6. The lowest BCUT2D eigenvalue weighted by molar-refractivity contribution is -0.140. The Morgan fingerprint density at radius 3 is 2.46 bits per heavy atom. The lowest BCUT2D eigenvalue weighted by Crippen LogP contribution is -2.14. The standard InChI is InChI=1S/C17H25NO5S/c1-5-23-17(21)12-10-13(11(2)3)24-16(12)18-14(19)8-6-7-9-15(20)22-4/h10-11H,5-9H2,1-4H3,(H,18,19). The summed E-state index contributed by atoms with van der Waals surface area (Å²) in [6.07, 6.45) is 1.76. The lowest BCUT2D eigenvalue weighted by Gasteiger charge is -2.06. The first kappa shape index (κ1) is 20.2. The van der Waals surface area contributed by atoms with Gasteiger partial charge >= 0.3 is 11.9 Å². The van der Waals surface area contributed by atoms with Crippen LogP contribution >= 0.6 is 11.3 Å². The van der Waals surface area contributed by atoms with Crippen LogP contribution in [0.2, 0.25) is 0 Å². The van der Waals surface area contributed by atoms with Crippen molar-refractivity contribution in [1.82, 2.24) is 0 Å². The van der Waals surface area contributed by atoms with Gasteiger partial charge in [0, 0.05) is 17.7 Å². The summed E-state index contributed by atoms with van der Waals surface area (Å²) < 4.78 is 9.60. The number of nitrogens with one attached hydrogen (secondary N) is 1. The van der Waals surface area contributed by atoms with E-state index in [9.17, 15) is 14.4 Å². The zero-order valence-electron chi connectivity index (χ0n) is 14.6. The number of carbonyl (C=O) groups is 3. The van der Waals surface area contributed by atoms with Crippen molar-refractivity contribution in [3.05, 3.63) is 16.5 Å². The Morgan fingerprint density at radius 1 is 1.21 bits per heavy atom. The molecule has 7 heteroatoms. The second kappa shape index (κ2) is 10.1. The molecular formula is C17H25NO5S. The normalized spacial score (nSPS) is 10.5. The van der Waals surface area contributed by atoms with E-state index in [1.165, 1.54) is 18.4 Å². The van der Waals surface area contributed by atoms with E-state index in [4.69, 9.17) is 4.74 Å². The van der Waals surface area contributed by atoms with Gasteiger partial charge in [0.15, 0.2) is 0 Å². The second-order valence-electron chi connectivity index (χ2n) is 5.60. The van der Waals surface area contributed by atoms with Crippen molar-refractivity contribution < 1.29 is 23.9 Å². The summed E-state index contributed by atoms with van der Waals surface area (Å²) in [5.41, 5.74) is 0.397. The van der Waals surface area contributed by atoms with Crippen molar-refractivity contribution in [3.8, 4) is 0 Å². The maximum absolute atomic E-state index is 12.1. The van der Waals surface area contributed by atoms with E-state index in [1.807, 2.05) is 13.8 Å². The van der Waals surface area contributed by atoms with Gasteiger partial charge in [-0.15, -0.1) is 11.3 Å². The predicted molar refractivity (Wildman–Crippen MR) is 93.5 cm³/mol. The molecule has 0 fully saturated rings. The molecule has 0 unspecified atom stereocenters. The number of methoxy groups -OCH3 is 1. The number of esters is 2. The summed E-state index contributed by atoms with van der Waals surface area (Å²) in [4.78, 5) is 36.1. The highest BCUT2D eigenvalue weighted by atomic mass is 32.1. The quantitative estimate of drug-likeness (QED) is 0.539. The number of amides is 1. The van der Waals surface area contributed by atoms with Crippen LogP contribution in [0.5, 0.6) is 0 Å². The molecule has 0 bridgehead atoms. The average Bonchev–Trinajstić information content (AvgIpc) is 2.95. The first-order chi connectivity index (χ1) is 11.4. The molecule has 0 saturated heterocycles. The first-order valence-corrected chi connectivity index (χ1v) is 8.88. The minimum Gasteiger partial charge on any atom is -0.469 e. The molecule has 1 aromatic rings. The highest BCUT2D eigenvalue weighted by Gasteiger charge is 2.20. The van der Waals surface area contributed by atoms with Crippen LogP contribution in [0.4, 0.5) is 5.00 Å². The van der Waals surface area contributed by atoms with Gasteiger partial charge in [-0.2, -0.15) is 0 Å². The van der Waals surface area contributed by atoms with Gasteiger partial charge in [-0.3, -0.25) is 9.59 Å². The van der Waals surface area contributed by atoms with Crippen molar-refractivity contribution >= 4 is 34.2 Å². The van der Waals surface area contributed by atoms with Crippen LogP contribution in [0.1, 0.15) is 67.6 Å². The van der Waals surface area contributed by atoms with Crippen molar-refractivity contribution in [1.29, 1.82) is 0 Å². The molecule has 1 rings (SSSR count). The third kappa shape index (κ3) is 6.31. The van der Waals surface area contributed by atoms with Crippen molar-refractivity contribution in [2.24, 2.45) is 0 Å². The molecule has 134 valence electrons. The first-order valence-electron chi connectivity index (χ1n) is 8.06. The highest BCUT2D eigenvalue weighted by Crippen LogP contribution is 2.33. The molecule has 0 aliphatic heterocycles. The van der Waals surface area contributed by atoms with Crippen molar-refractivity contribution in [2.45, 2.75) is 52.4 Å². The number of hydrogen-bond donors (Lipinski definition) is 1. The minimum atomic E-state index is -0.429. The lowest BCUT2D eigenvalue weighted by atomic mass is 10.1. The molecule has 6 nitrogen and oxygen atoms in total. The fourth-order valence-electron chi connectivity index (χ4n) is 1.99. The number of thiophene rings is 1. The monoisotopic (exact) mass is 355 g/mol. The zero-order valence-corrected chi connectivity index (χ0v) is 15.5. The number of unbranched alkanes of at least 4 members (excludes halogenated alkanes) is 1. The van der Waals surface area contributed by atoms with Crippen LogP contribution in [-0.2, 0) is 19.1 Å². The van der Waals surface area contributed by atoms with E-state index < -0.39 is 5.97 Å². The van der Waals surface area contributed by atoms with Gasteiger partial charge < -0.3 is 14.8 Å². The van der Waals surface area contributed by atoms with E-state index in [2.05, 4.69) is 10.1 Å². The summed E-state index contributed by atoms with van der Waals surface area (Å²) in [5, 5.41) is 3.31. The summed E-state index contributed by atoms with van der Waals surface area (Å²) in [7, 11) is 1.34. The zero-order chi connectivity index (χ0) is 18.1. The average molecular weight is 355 g/mol. The van der Waals surface area contributed by atoms with Gasteiger partial charge in [-0.25, -0.2) is 4.79 Å². The Kier molecular flexibility index (Phi) is 8.46. The Balaban J connectivity index is 2.66. The van der Waals surface area contributed by atoms with Crippen LogP contribution < -0.4 is 5.32 Å². The Labute approximate surface area is 146 Å². The molecule has 1 heterocycles. The second-order valence-corrected chi connectivity index (χ2v) is 6.68. The fourth-order valence-corrected chi connectivity index (χ4v) is 3.06. The molecule has 24 heavy (non-hydrogen) atoms. The summed E-state index contributed by atoms with van der Waals surface area (Å²) in [5.74, 6) is -0.627. The van der Waals surface area contributed by atoms with E-state index >= 15 is 0 Å². The highest BCUT2D eigenvalue weighted by molar-refractivity contribution is 7.16. The number of anilines is 1. The fraction of sp³-hybridized carbons (Fsp3) is 0.588. The summed E-state index contributed by atoms with van der Waals surface area (Å²) >= 11 is 1.39. The van der Waals surface area contributed by atoms with E-state index in [0.29, 0.717) is 29.8 Å². The van der Waals surface area contributed by atoms with Crippen LogP contribution in [0.15, 0.2) is 6.07 Å². The molecule has 0 aromatic carbocycles. The largest absolute Gasteiger partial charge is 0.469 e. The van der Waals surface area contributed by atoms with E-state index in [-0.39, 0.29) is 30.8 Å². The molecule has 1 amide bonds. The summed E-state index contributed by atoms with van der Waals surface area (Å²) in [6, 6.07) is 1.78. The van der Waals surface area contributed by atoms with Gasteiger partial charge in [0.25, 0.3) is 0 Å². The molecule has 0 radical (unpaired) electrons. The number of ether oxygens (including phenoxy) is 2. The molecule has 1 aromatic heterocycles.